The van der Waals surface area contributed by atoms with E-state index in [0.29, 0.717) is 19.4 Å². The summed E-state index contributed by atoms with van der Waals surface area (Å²) in [6, 6.07) is -0.836. The molecule has 7 atom stereocenters. The second-order valence-corrected chi connectivity index (χ2v) is 19.6. The summed E-state index contributed by atoms with van der Waals surface area (Å²) in [5.74, 6) is -0.222. The van der Waals surface area contributed by atoms with Crippen molar-refractivity contribution < 1.29 is 49.3 Å². The minimum atomic E-state index is -1.58. The van der Waals surface area contributed by atoms with Gasteiger partial charge in [0, 0.05) is 12.8 Å². The number of aliphatic hydroxyl groups excluding tert-OH is 5. The van der Waals surface area contributed by atoms with E-state index in [-0.39, 0.29) is 18.5 Å². The summed E-state index contributed by atoms with van der Waals surface area (Å²) in [5.41, 5.74) is 0. The average Bonchev–Trinajstić information content (AvgIpc) is 3.33. The highest BCUT2D eigenvalue weighted by molar-refractivity contribution is 5.76. The normalized spacial score (nSPS) is 19.7. The van der Waals surface area contributed by atoms with E-state index in [0.717, 1.165) is 89.9 Å². The molecule has 0 aromatic rings. The highest BCUT2D eigenvalue weighted by atomic mass is 16.7. The van der Waals surface area contributed by atoms with Crippen LogP contribution in [0.5, 0.6) is 0 Å². The Morgan fingerprint density at radius 3 is 1.49 bits per heavy atom. The number of hydrogen-bond acceptors (Lipinski definition) is 10. The molecule has 0 aliphatic carbocycles. The van der Waals surface area contributed by atoms with Crippen LogP contribution in [0, 0.1) is 0 Å². The third kappa shape index (κ3) is 36.8. The van der Waals surface area contributed by atoms with Crippen LogP contribution in [0.2, 0.25) is 0 Å². The lowest BCUT2D eigenvalue weighted by Gasteiger charge is -2.40. The van der Waals surface area contributed by atoms with Gasteiger partial charge < -0.3 is 45.1 Å². The van der Waals surface area contributed by atoms with Crippen LogP contribution in [0.4, 0.5) is 0 Å². The van der Waals surface area contributed by atoms with Gasteiger partial charge in [-0.3, -0.25) is 9.59 Å². The van der Waals surface area contributed by atoms with Gasteiger partial charge in [0.25, 0.3) is 0 Å². The lowest BCUT2D eigenvalue weighted by molar-refractivity contribution is -0.302. The predicted octanol–water partition coefficient (Wildman–Crippen LogP) is 12.3. The molecule has 1 amide bonds. The highest BCUT2D eigenvalue weighted by Crippen LogP contribution is 2.23. The maximum atomic E-state index is 13.0. The third-order valence-electron chi connectivity index (χ3n) is 13.2. The van der Waals surface area contributed by atoms with Crippen molar-refractivity contribution in [3.63, 3.8) is 0 Å². The molecule has 0 aromatic carbocycles. The Hall–Kier alpha value is -2.12. The van der Waals surface area contributed by atoms with Gasteiger partial charge >= 0.3 is 5.97 Å². The number of hydrogen-bond donors (Lipinski definition) is 6. The molecular formula is C57H105NO10. The van der Waals surface area contributed by atoms with Gasteiger partial charge in [-0.05, 0) is 70.6 Å². The highest BCUT2D eigenvalue weighted by Gasteiger charge is 2.44. The summed E-state index contributed by atoms with van der Waals surface area (Å²) in [6.07, 6.45) is 46.8. The Balaban J connectivity index is 2.07. The lowest BCUT2D eigenvalue weighted by Crippen LogP contribution is -2.60. The zero-order chi connectivity index (χ0) is 49.6. The van der Waals surface area contributed by atoms with Crippen LogP contribution >= 0.6 is 0 Å². The SMILES string of the molecule is CCCCC/C=C/CC/C=C/C(O)C(COC1OC(CO)C(O)C(O)C1O)NC(=O)CCCCCCC/C=C\CCCCCCCCCCCOC(=O)CCCCCCCCCCCCCCC. The number of rotatable bonds is 48. The van der Waals surface area contributed by atoms with Crippen LogP contribution in [0.15, 0.2) is 36.5 Å². The van der Waals surface area contributed by atoms with Gasteiger partial charge in [0.05, 0.1) is 32.0 Å². The number of allylic oxidation sites excluding steroid dienone is 5. The van der Waals surface area contributed by atoms with E-state index in [1.807, 2.05) is 6.08 Å². The monoisotopic (exact) mass is 964 g/mol. The van der Waals surface area contributed by atoms with E-state index in [9.17, 15) is 35.1 Å². The van der Waals surface area contributed by atoms with Crippen molar-refractivity contribution in [3.05, 3.63) is 36.5 Å². The van der Waals surface area contributed by atoms with Gasteiger partial charge in [-0.15, -0.1) is 0 Å². The smallest absolute Gasteiger partial charge is 0.305 e. The Bertz CT molecular complexity index is 1230. The molecule has 1 aliphatic rings. The first-order valence-electron chi connectivity index (χ1n) is 28.3. The second-order valence-electron chi connectivity index (χ2n) is 19.6. The van der Waals surface area contributed by atoms with E-state index >= 15 is 0 Å². The lowest BCUT2D eigenvalue weighted by atomic mass is 9.99. The molecular weight excluding hydrogens is 859 g/mol. The molecule has 11 nitrogen and oxygen atoms in total. The zero-order valence-electron chi connectivity index (χ0n) is 43.6. The Labute approximate surface area is 415 Å². The Kier molecular flexibility index (Phi) is 44.4. The van der Waals surface area contributed by atoms with Crippen molar-refractivity contribution in [1.29, 1.82) is 0 Å². The fourth-order valence-electron chi connectivity index (χ4n) is 8.68. The molecule has 0 bridgehead atoms. The standard InChI is InChI=1S/C57H105NO10/c1-3-5-7-9-11-13-14-21-25-29-33-37-41-45-53(62)66-46-42-38-34-30-26-23-20-18-16-15-17-19-22-24-28-32-36-40-44-52(61)58-49(50(60)43-39-35-31-27-12-10-8-6-4-2)48-67-57-56(65)55(64)54(63)51(47-59)68-57/h12,17,19,27,39,43,49-51,54-57,59-60,63-65H,3-11,13-16,18,20-26,28-38,40-42,44-48H2,1-2H3,(H,58,61)/b19-17-,27-12+,43-39+. The molecule has 0 spiro atoms. The summed E-state index contributed by atoms with van der Waals surface area (Å²) >= 11 is 0. The molecule has 398 valence electrons. The molecule has 11 heteroatoms. The summed E-state index contributed by atoms with van der Waals surface area (Å²) in [4.78, 5) is 25.0. The molecule has 0 radical (unpaired) electrons. The van der Waals surface area contributed by atoms with Crippen LogP contribution in [-0.4, -0.2) is 100 Å². The average molecular weight is 964 g/mol. The maximum Gasteiger partial charge on any atom is 0.305 e. The van der Waals surface area contributed by atoms with E-state index in [1.54, 1.807) is 6.08 Å². The number of unbranched alkanes of at least 4 members (excludes halogenated alkanes) is 30. The van der Waals surface area contributed by atoms with E-state index in [4.69, 9.17) is 14.2 Å². The molecule has 1 aliphatic heterocycles. The second kappa shape index (κ2) is 47.2. The molecule has 0 aromatic heterocycles. The third-order valence-corrected chi connectivity index (χ3v) is 13.2. The Morgan fingerprint density at radius 2 is 0.956 bits per heavy atom. The summed E-state index contributed by atoms with van der Waals surface area (Å²) in [6.45, 7) is 4.25. The molecule has 1 fully saturated rings. The maximum absolute atomic E-state index is 13.0. The number of carbonyl (C=O) groups is 2. The van der Waals surface area contributed by atoms with Gasteiger partial charge in [-0.1, -0.05) is 204 Å². The first kappa shape index (κ1) is 63.9. The number of aliphatic hydroxyl groups is 5. The van der Waals surface area contributed by atoms with Gasteiger partial charge in [0.15, 0.2) is 6.29 Å². The summed E-state index contributed by atoms with van der Waals surface area (Å²) in [7, 11) is 0. The number of nitrogens with one attached hydrogen (secondary N) is 1. The van der Waals surface area contributed by atoms with Crippen LogP contribution in [0.1, 0.15) is 251 Å². The molecule has 68 heavy (non-hydrogen) atoms. The van der Waals surface area contributed by atoms with Crippen LogP contribution in [0.3, 0.4) is 0 Å². The van der Waals surface area contributed by atoms with Crippen molar-refractivity contribution in [3.8, 4) is 0 Å². The van der Waals surface area contributed by atoms with E-state index < -0.39 is 49.5 Å². The quantitative estimate of drug-likeness (QED) is 0.0196. The van der Waals surface area contributed by atoms with E-state index in [1.165, 1.54) is 135 Å². The predicted molar refractivity (Wildman–Crippen MR) is 278 cm³/mol. The molecule has 1 rings (SSSR count). The molecule has 7 unspecified atom stereocenters. The molecule has 1 heterocycles. The van der Waals surface area contributed by atoms with Crippen molar-refractivity contribution in [2.24, 2.45) is 0 Å². The number of esters is 1. The minimum absolute atomic E-state index is 0.0125. The van der Waals surface area contributed by atoms with Crippen molar-refractivity contribution in [1.82, 2.24) is 5.32 Å². The molecule has 1 saturated heterocycles. The topological polar surface area (TPSA) is 175 Å². The number of carbonyl (C=O) groups excluding carboxylic acids is 2. The largest absolute Gasteiger partial charge is 0.466 e. The van der Waals surface area contributed by atoms with Gasteiger partial charge in [-0.2, -0.15) is 0 Å². The molecule has 6 N–H and O–H groups in total. The van der Waals surface area contributed by atoms with Crippen molar-refractivity contribution in [2.75, 3.05) is 19.8 Å². The minimum Gasteiger partial charge on any atom is -0.466 e. The van der Waals surface area contributed by atoms with E-state index in [2.05, 4.69) is 43.5 Å². The summed E-state index contributed by atoms with van der Waals surface area (Å²) < 4.78 is 16.6. The van der Waals surface area contributed by atoms with Gasteiger partial charge in [0.1, 0.15) is 24.4 Å². The number of amides is 1. The fraction of sp³-hybridized carbons (Fsp3) is 0.860. The summed E-state index contributed by atoms with van der Waals surface area (Å²) in [5, 5.41) is 54.1. The van der Waals surface area contributed by atoms with Gasteiger partial charge in [0.2, 0.25) is 5.91 Å². The number of ether oxygens (including phenoxy) is 3. The first-order chi connectivity index (χ1) is 33.2. The van der Waals surface area contributed by atoms with Crippen LogP contribution in [0.25, 0.3) is 0 Å². The zero-order valence-corrected chi connectivity index (χ0v) is 43.6. The molecule has 0 saturated carbocycles. The van der Waals surface area contributed by atoms with Crippen LogP contribution in [-0.2, 0) is 23.8 Å². The van der Waals surface area contributed by atoms with Crippen molar-refractivity contribution in [2.45, 2.75) is 294 Å². The van der Waals surface area contributed by atoms with Crippen molar-refractivity contribution >= 4 is 11.9 Å². The Morgan fingerprint density at radius 1 is 0.529 bits per heavy atom. The van der Waals surface area contributed by atoms with Crippen LogP contribution < -0.4 is 5.32 Å². The first-order valence-corrected chi connectivity index (χ1v) is 28.3. The van der Waals surface area contributed by atoms with Gasteiger partial charge in [-0.25, -0.2) is 0 Å². The fourth-order valence-corrected chi connectivity index (χ4v) is 8.68.